The Morgan fingerprint density at radius 1 is 1.17 bits per heavy atom. The summed E-state index contributed by atoms with van der Waals surface area (Å²) in [7, 11) is 0. The molecule has 1 aromatic rings. The second-order valence-corrected chi connectivity index (χ2v) is 6.87. The Morgan fingerprint density at radius 3 is 2.67 bits per heavy atom. The Labute approximate surface area is 144 Å². The smallest absolute Gasteiger partial charge is 0.318 e. The lowest BCUT2D eigenvalue weighted by Gasteiger charge is -2.35. The Morgan fingerprint density at radius 2 is 1.96 bits per heavy atom. The summed E-state index contributed by atoms with van der Waals surface area (Å²) in [4.78, 5) is 14.7. The highest BCUT2D eigenvalue weighted by Gasteiger charge is 2.27. The first-order chi connectivity index (χ1) is 11.7. The summed E-state index contributed by atoms with van der Waals surface area (Å²) in [5.74, 6) is 0.255. The standard InChI is InChI=1S/C19H28N2O3/c22-18-11-5-4-7-15(18)14-21(16-8-2-1-3-9-16)19(23)20-13-17-10-6-12-24-17/h4-5,7,11,16-17,22H,1-3,6,8-10,12-14H2,(H,20,23). The van der Waals surface area contributed by atoms with Gasteiger partial charge in [-0.1, -0.05) is 37.5 Å². The number of amides is 2. The molecule has 132 valence electrons. The maximum atomic E-state index is 12.8. The van der Waals surface area contributed by atoms with Crippen molar-refractivity contribution in [3.05, 3.63) is 29.8 Å². The summed E-state index contributed by atoms with van der Waals surface area (Å²) in [6.07, 6.45) is 7.91. The van der Waals surface area contributed by atoms with Crippen molar-refractivity contribution in [3.8, 4) is 5.75 Å². The van der Waals surface area contributed by atoms with Crippen LogP contribution >= 0.6 is 0 Å². The number of benzene rings is 1. The van der Waals surface area contributed by atoms with E-state index in [0.717, 1.165) is 37.9 Å². The number of rotatable bonds is 5. The van der Waals surface area contributed by atoms with Gasteiger partial charge in [-0.2, -0.15) is 0 Å². The summed E-state index contributed by atoms with van der Waals surface area (Å²) in [6.45, 7) is 1.82. The van der Waals surface area contributed by atoms with Crippen molar-refractivity contribution in [2.45, 2.75) is 63.6 Å². The predicted octanol–water partition coefficient (Wildman–Crippen LogP) is 3.42. The van der Waals surface area contributed by atoms with Crippen molar-refractivity contribution < 1.29 is 14.6 Å². The van der Waals surface area contributed by atoms with Crippen LogP contribution in [-0.2, 0) is 11.3 Å². The summed E-state index contributed by atoms with van der Waals surface area (Å²) >= 11 is 0. The molecule has 0 bridgehead atoms. The Balaban J connectivity index is 1.66. The number of ether oxygens (including phenoxy) is 1. The number of phenols is 1. The van der Waals surface area contributed by atoms with Crippen LogP contribution in [0.25, 0.3) is 0 Å². The molecule has 1 saturated carbocycles. The highest BCUT2D eigenvalue weighted by Crippen LogP contribution is 2.26. The molecule has 0 spiro atoms. The van der Waals surface area contributed by atoms with Gasteiger partial charge >= 0.3 is 6.03 Å². The zero-order valence-electron chi connectivity index (χ0n) is 14.2. The molecule has 1 aromatic carbocycles. The van der Waals surface area contributed by atoms with E-state index in [1.54, 1.807) is 12.1 Å². The molecule has 2 fully saturated rings. The van der Waals surface area contributed by atoms with E-state index < -0.39 is 0 Å². The van der Waals surface area contributed by atoms with Crippen molar-refractivity contribution in [1.29, 1.82) is 0 Å². The van der Waals surface area contributed by atoms with Gasteiger partial charge in [0.05, 0.1) is 12.6 Å². The number of carbonyl (C=O) groups is 1. The van der Waals surface area contributed by atoms with Crippen molar-refractivity contribution in [2.75, 3.05) is 13.2 Å². The molecule has 2 aliphatic rings. The molecule has 3 rings (SSSR count). The van der Waals surface area contributed by atoms with Crippen molar-refractivity contribution >= 4 is 6.03 Å². The summed E-state index contributed by atoms with van der Waals surface area (Å²) < 4.78 is 5.59. The number of aromatic hydroxyl groups is 1. The van der Waals surface area contributed by atoms with Gasteiger partial charge in [-0.25, -0.2) is 4.79 Å². The Kier molecular flexibility index (Phi) is 5.96. The molecule has 1 aliphatic carbocycles. The van der Waals surface area contributed by atoms with Gasteiger partial charge < -0.3 is 20.1 Å². The molecule has 1 aliphatic heterocycles. The first-order valence-corrected chi connectivity index (χ1v) is 9.17. The number of hydrogen-bond acceptors (Lipinski definition) is 3. The Hall–Kier alpha value is -1.75. The third-order valence-corrected chi connectivity index (χ3v) is 5.11. The molecule has 1 saturated heterocycles. The molecule has 2 N–H and O–H groups in total. The fourth-order valence-electron chi connectivity index (χ4n) is 3.70. The van der Waals surface area contributed by atoms with Crippen LogP contribution in [0.1, 0.15) is 50.5 Å². The predicted molar refractivity (Wildman–Crippen MR) is 92.9 cm³/mol. The number of urea groups is 1. The lowest BCUT2D eigenvalue weighted by atomic mass is 9.94. The number of carbonyl (C=O) groups excluding carboxylic acids is 1. The van der Waals surface area contributed by atoms with Crippen LogP contribution in [0, 0.1) is 0 Å². The van der Waals surface area contributed by atoms with E-state index in [-0.39, 0.29) is 23.9 Å². The molecule has 2 amide bonds. The second-order valence-electron chi connectivity index (χ2n) is 6.87. The molecule has 0 aromatic heterocycles. The number of nitrogens with one attached hydrogen (secondary N) is 1. The minimum absolute atomic E-state index is 0.0411. The quantitative estimate of drug-likeness (QED) is 0.868. The largest absolute Gasteiger partial charge is 0.508 e. The molecule has 1 atom stereocenters. The molecular formula is C19H28N2O3. The summed E-state index contributed by atoms with van der Waals surface area (Å²) in [5.41, 5.74) is 0.801. The molecule has 24 heavy (non-hydrogen) atoms. The number of para-hydroxylation sites is 1. The van der Waals surface area contributed by atoms with E-state index in [9.17, 15) is 9.90 Å². The van der Waals surface area contributed by atoms with Crippen LogP contribution in [0.2, 0.25) is 0 Å². The highest BCUT2D eigenvalue weighted by molar-refractivity contribution is 5.74. The molecule has 0 radical (unpaired) electrons. The molecule has 1 unspecified atom stereocenters. The number of hydrogen-bond donors (Lipinski definition) is 2. The molecule has 1 heterocycles. The van der Waals surface area contributed by atoms with Gasteiger partial charge in [-0.15, -0.1) is 0 Å². The maximum Gasteiger partial charge on any atom is 0.318 e. The van der Waals surface area contributed by atoms with Crippen LogP contribution in [0.5, 0.6) is 5.75 Å². The van der Waals surface area contributed by atoms with Crippen molar-refractivity contribution in [3.63, 3.8) is 0 Å². The van der Waals surface area contributed by atoms with Crippen LogP contribution in [0.15, 0.2) is 24.3 Å². The van der Waals surface area contributed by atoms with Crippen LogP contribution in [-0.4, -0.2) is 41.3 Å². The second kappa shape index (κ2) is 8.38. The summed E-state index contributed by atoms with van der Waals surface area (Å²) in [6, 6.07) is 7.49. The van der Waals surface area contributed by atoms with Crippen LogP contribution < -0.4 is 5.32 Å². The summed E-state index contributed by atoms with van der Waals surface area (Å²) in [5, 5.41) is 13.1. The SMILES string of the molecule is O=C(NCC1CCCO1)N(Cc1ccccc1O)C1CCCCC1. The van der Waals surface area contributed by atoms with Gasteiger partial charge in [0.2, 0.25) is 0 Å². The van der Waals surface area contributed by atoms with Gasteiger partial charge in [0, 0.05) is 24.8 Å². The minimum Gasteiger partial charge on any atom is -0.508 e. The zero-order chi connectivity index (χ0) is 16.8. The third kappa shape index (κ3) is 4.41. The normalized spacial score (nSPS) is 21.6. The Bertz CT molecular complexity index is 537. The lowest BCUT2D eigenvalue weighted by Crippen LogP contribution is -2.48. The van der Waals surface area contributed by atoms with Crippen molar-refractivity contribution in [2.24, 2.45) is 0 Å². The van der Waals surface area contributed by atoms with E-state index in [4.69, 9.17) is 4.74 Å². The van der Waals surface area contributed by atoms with Gasteiger partial charge in [-0.3, -0.25) is 0 Å². The molecule has 5 heteroatoms. The van der Waals surface area contributed by atoms with Crippen LogP contribution in [0.3, 0.4) is 0 Å². The average Bonchev–Trinajstić information content (AvgIpc) is 3.13. The monoisotopic (exact) mass is 332 g/mol. The first-order valence-electron chi connectivity index (χ1n) is 9.17. The lowest BCUT2D eigenvalue weighted by molar-refractivity contribution is 0.104. The van der Waals surface area contributed by atoms with Crippen molar-refractivity contribution in [1.82, 2.24) is 10.2 Å². The van der Waals surface area contributed by atoms with Gasteiger partial charge in [-0.05, 0) is 31.7 Å². The van der Waals surface area contributed by atoms with E-state index in [2.05, 4.69) is 5.32 Å². The van der Waals surface area contributed by atoms with E-state index in [1.165, 1.54) is 19.3 Å². The fraction of sp³-hybridized carbons (Fsp3) is 0.632. The molecule has 5 nitrogen and oxygen atoms in total. The van der Waals surface area contributed by atoms with E-state index in [0.29, 0.717) is 13.1 Å². The van der Waals surface area contributed by atoms with Crippen LogP contribution in [0.4, 0.5) is 4.79 Å². The van der Waals surface area contributed by atoms with E-state index >= 15 is 0 Å². The fourth-order valence-corrected chi connectivity index (χ4v) is 3.70. The number of nitrogens with zero attached hydrogens (tertiary/aromatic N) is 1. The first kappa shape index (κ1) is 17.1. The zero-order valence-corrected chi connectivity index (χ0v) is 14.2. The third-order valence-electron chi connectivity index (χ3n) is 5.11. The molecular weight excluding hydrogens is 304 g/mol. The highest BCUT2D eigenvalue weighted by atomic mass is 16.5. The van der Waals surface area contributed by atoms with Gasteiger partial charge in [0.15, 0.2) is 0 Å². The van der Waals surface area contributed by atoms with Gasteiger partial charge in [0.1, 0.15) is 5.75 Å². The topological polar surface area (TPSA) is 61.8 Å². The maximum absolute atomic E-state index is 12.8. The van der Waals surface area contributed by atoms with Gasteiger partial charge in [0.25, 0.3) is 0 Å². The number of phenolic OH excluding ortho intramolecular Hbond substituents is 1. The minimum atomic E-state index is -0.0411. The van der Waals surface area contributed by atoms with E-state index in [1.807, 2.05) is 17.0 Å². The average molecular weight is 332 g/mol.